The third-order valence-corrected chi connectivity index (χ3v) is 4.35. The zero-order valence-electron chi connectivity index (χ0n) is 13.9. The summed E-state index contributed by atoms with van der Waals surface area (Å²) in [5, 5.41) is 11.9. The highest BCUT2D eigenvalue weighted by Crippen LogP contribution is 2.18. The summed E-state index contributed by atoms with van der Waals surface area (Å²) in [6.45, 7) is 6.66. The second kappa shape index (κ2) is 9.24. The molecule has 128 valence electrons. The summed E-state index contributed by atoms with van der Waals surface area (Å²) in [4.78, 5) is 12.2. The van der Waals surface area contributed by atoms with Crippen LogP contribution in [-0.2, 0) is 22.7 Å². The predicted octanol–water partition coefficient (Wildman–Crippen LogP) is 2.58. The Hall–Kier alpha value is -2.12. The second-order valence-electron chi connectivity index (χ2n) is 5.22. The number of hydrogen-bond acceptors (Lipinski definition) is 5. The highest BCUT2D eigenvalue weighted by Gasteiger charge is 2.14. The lowest BCUT2D eigenvalue weighted by molar-refractivity contribution is -0.119. The van der Waals surface area contributed by atoms with Crippen LogP contribution in [0.3, 0.4) is 0 Å². The van der Waals surface area contributed by atoms with E-state index in [1.165, 1.54) is 11.8 Å². The molecule has 0 aliphatic heterocycles. The first-order valence-corrected chi connectivity index (χ1v) is 8.63. The lowest BCUT2D eigenvalue weighted by Crippen LogP contribution is -2.28. The number of ether oxygens (including phenoxy) is 1. The zero-order chi connectivity index (χ0) is 17.4. The number of aromatic nitrogens is 3. The maximum atomic E-state index is 12.2. The van der Waals surface area contributed by atoms with Gasteiger partial charge in [-0.25, -0.2) is 0 Å². The van der Waals surface area contributed by atoms with E-state index in [2.05, 4.69) is 22.1 Å². The molecule has 2 aromatic rings. The Morgan fingerprint density at radius 2 is 2.17 bits per heavy atom. The minimum Gasteiger partial charge on any atom is -0.377 e. The van der Waals surface area contributed by atoms with E-state index in [1.807, 2.05) is 41.8 Å². The van der Waals surface area contributed by atoms with Crippen LogP contribution >= 0.6 is 11.8 Å². The average Bonchev–Trinajstić information content (AvgIpc) is 2.96. The Balaban J connectivity index is 1.93. The SMILES string of the molecule is C=CCn1c(COC)nnc1SCC(=O)NC(C)c1ccccc1. The van der Waals surface area contributed by atoms with Crippen molar-refractivity contribution in [2.45, 2.75) is 31.3 Å². The topological polar surface area (TPSA) is 69.0 Å². The van der Waals surface area contributed by atoms with Crippen LogP contribution < -0.4 is 5.32 Å². The average molecular weight is 346 g/mol. The van der Waals surface area contributed by atoms with Crippen LogP contribution in [-0.4, -0.2) is 33.5 Å². The van der Waals surface area contributed by atoms with Gasteiger partial charge in [0, 0.05) is 13.7 Å². The number of carbonyl (C=O) groups is 1. The summed E-state index contributed by atoms with van der Waals surface area (Å²) in [5.41, 5.74) is 1.08. The number of methoxy groups -OCH3 is 1. The molecule has 0 aliphatic rings. The van der Waals surface area contributed by atoms with Gasteiger partial charge in [-0.15, -0.1) is 16.8 Å². The normalized spacial score (nSPS) is 11.9. The van der Waals surface area contributed by atoms with Gasteiger partial charge in [-0.3, -0.25) is 4.79 Å². The number of thioether (sulfide) groups is 1. The standard InChI is InChI=1S/C17H22N4O2S/c1-4-10-21-15(11-23-3)19-20-17(21)24-12-16(22)18-13(2)14-8-6-5-7-9-14/h4-9,13H,1,10-12H2,2-3H3,(H,18,22). The first-order valence-electron chi connectivity index (χ1n) is 7.64. The molecular formula is C17H22N4O2S. The maximum Gasteiger partial charge on any atom is 0.230 e. The lowest BCUT2D eigenvalue weighted by Gasteiger charge is -2.14. The van der Waals surface area contributed by atoms with Crippen molar-refractivity contribution in [2.75, 3.05) is 12.9 Å². The van der Waals surface area contributed by atoms with E-state index in [0.717, 1.165) is 11.4 Å². The molecule has 0 spiro atoms. The summed E-state index contributed by atoms with van der Waals surface area (Å²) >= 11 is 1.35. The number of nitrogens with one attached hydrogen (secondary N) is 1. The molecule has 2 rings (SSSR count). The highest BCUT2D eigenvalue weighted by molar-refractivity contribution is 7.99. The molecule has 7 heteroatoms. The van der Waals surface area contributed by atoms with Crippen molar-refractivity contribution < 1.29 is 9.53 Å². The van der Waals surface area contributed by atoms with Crippen molar-refractivity contribution in [3.05, 3.63) is 54.4 Å². The van der Waals surface area contributed by atoms with Gasteiger partial charge < -0.3 is 14.6 Å². The van der Waals surface area contributed by atoms with Gasteiger partial charge in [0.15, 0.2) is 11.0 Å². The maximum absolute atomic E-state index is 12.2. The monoisotopic (exact) mass is 346 g/mol. The van der Waals surface area contributed by atoms with Crippen molar-refractivity contribution in [3.8, 4) is 0 Å². The van der Waals surface area contributed by atoms with Crippen molar-refractivity contribution in [3.63, 3.8) is 0 Å². The van der Waals surface area contributed by atoms with Gasteiger partial charge in [0.2, 0.25) is 5.91 Å². The number of carbonyl (C=O) groups excluding carboxylic acids is 1. The molecule has 0 fully saturated rings. The Morgan fingerprint density at radius 1 is 1.42 bits per heavy atom. The molecule has 1 amide bonds. The van der Waals surface area contributed by atoms with Crippen LogP contribution in [0, 0.1) is 0 Å². The summed E-state index contributed by atoms with van der Waals surface area (Å²) < 4.78 is 7.01. The molecule has 1 atom stereocenters. The largest absolute Gasteiger partial charge is 0.377 e. The lowest BCUT2D eigenvalue weighted by atomic mass is 10.1. The quantitative estimate of drug-likeness (QED) is 0.558. The molecule has 1 unspecified atom stereocenters. The summed E-state index contributed by atoms with van der Waals surface area (Å²) in [6, 6.07) is 9.84. The molecule has 1 N–H and O–H groups in total. The van der Waals surface area contributed by atoms with Crippen LogP contribution in [0.4, 0.5) is 0 Å². The second-order valence-corrected chi connectivity index (χ2v) is 6.16. The first kappa shape index (κ1) is 18.2. The van der Waals surface area contributed by atoms with Gasteiger partial charge in [0.1, 0.15) is 6.61 Å². The highest BCUT2D eigenvalue weighted by atomic mass is 32.2. The van der Waals surface area contributed by atoms with Crippen LogP contribution in [0.15, 0.2) is 48.1 Å². The van der Waals surface area contributed by atoms with E-state index < -0.39 is 0 Å². The van der Waals surface area contributed by atoms with E-state index in [1.54, 1.807) is 13.2 Å². The first-order chi connectivity index (χ1) is 11.7. The van der Waals surface area contributed by atoms with E-state index in [-0.39, 0.29) is 17.7 Å². The number of hydrogen-bond donors (Lipinski definition) is 1. The van der Waals surface area contributed by atoms with Gasteiger partial charge in [-0.1, -0.05) is 48.2 Å². The number of allylic oxidation sites excluding steroid dienone is 1. The van der Waals surface area contributed by atoms with Gasteiger partial charge >= 0.3 is 0 Å². The van der Waals surface area contributed by atoms with Gasteiger partial charge in [0.25, 0.3) is 0 Å². The molecule has 1 aromatic carbocycles. The molecule has 0 saturated heterocycles. The minimum atomic E-state index is -0.0437. The number of nitrogens with zero attached hydrogens (tertiary/aromatic N) is 3. The zero-order valence-corrected chi connectivity index (χ0v) is 14.8. The Labute approximate surface area is 146 Å². The summed E-state index contributed by atoms with van der Waals surface area (Å²) in [7, 11) is 1.61. The fourth-order valence-corrected chi connectivity index (χ4v) is 2.99. The van der Waals surface area contributed by atoms with Gasteiger partial charge in [0.05, 0.1) is 11.8 Å². The molecule has 0 saturated carbocycles. The van der Waals surface area contributed by atoms with Crippen LogP contribution in [0.2, 0.25) is 0 Å². The van der Waals surface area contributed by atoms with Crippen molar-refractivity contribution >= 4 is 17.7 Å². The fourth-order valence-electron chi connectivity index (χ4n) is 2.21. The number of benzene rings is 1. The fraction of sp³-hybridized carbons (Fsp3) is 0.353. The molecule has 24 heavy (non-hydrogen) atoms. The molecular weight excluding hydrogens is 324 g/mol. The van der Waals surface area contributed by atoms with Crippen LogP contribution in [0.25, 0.3) is 0 Å². The van der Waals surface area contributed by atoms with Crippen molar-refractivity contribution in [2.24, 2.45) is 0 Å². The summed E-state index contributed by atoms with van der Waals surface area (Å²) in [6.07, 6.45) is 1.77. The Morgan fingerprint density at radius 3 is 2.83 bits per heavy atom. The molecule has 6 nitrogen and oxygen atoms in total. The minimum absolute atomic E-state index is 0.0330. The van der Waals surface area contributed by atoms with E-state index in [9.17, 15) is 4.79 Å². The smallest absolute Gasteiger partial charge is 0.230 e. The number of amides is 1. The van der Waals surface area contributed by atoms with E-state index >= 15 is 0 Å². The third-order valence-electron chi connectivity index (χ3n) is 3.39. The van der Waals surface area contributed by atoms with Crippen molar-refractivity contribution in [1.29, 1.82) is 0 Å². The molecule has 1 aromatic heterocycles. The van der Waals surface area contributed by atoms with Crippen LogP contribution in [0.1, 0.15) is 24.4 Å². The third kappa shape index (κ3) is 4.94. The van der Waals surface area contributed by atoms with Crippen LogP contribution in [0.5, 0.6) is 0 Å². The molecule has 0 aliphatic carbocycles. The predicted molar refractivity (Wildman–Crippen MR) is 94.7 cm³/mol. The molecule has 1 heterocycles. The van der Waals surface area contributed by atoms with Crippen molar-refractivity contribution in [1.82, 2.24) is 20.1 Å². The number of rotatable bonds is 9. The van der Waals surface area contributed by atoms with Gasteiger partial charge in [-0.2, -0.15) is 0 Å². The summed E-state index contributed by atoms with van der Waals surface area (Å²) in [5.74, 6) is 0.954. The van der Waals surface area contributed by atoms with E-state index in [0.29, 0.717) is 18.3 Å². The Bertz CT molecular complexity index is 672. The van der Waals surface area contributed by atoms with Gasteiger partial charge in [-0.05, 0) is 12.5 Å². The molecule has 0 radical (unpaired) electrons. The Kier molecular flexibility index (Phi) is 7.02. The molecule has 0 bridgehead atoms. The van der Waals surface area contributed by atoms with E-state index in [4.69, 9.17) is 4.74 Å².